The number of rotatable bonds is 6. The van der Waals surface area contributed by atoms with Gasteiger partial charge in [-0.05, 0) is 57.8 Å². The number of nitrogens with zero attached hydrogens (tertiary/aromatic N) is 5. The summed E-state index contributed by atoms with van der Waals surface area (Å²) in [6, 6.07) is 0. The van der Waals surface area contributed by atoms with Crippen molar-refractivity contribution in [1.29, 1.82) is 0 Å². The van der Waals surface area contributed by atoms with Crippen molar-refractivity contribution in [1.82, 2.24) is 4.90 Å². The summed E-state index contributed by atoms with van der Waals surface area (Å²) >= 11 is 0. The molecule has 5 heteroatoms. The average molecular weight is 427 g/mol. The first-order valence-corrected chi connectivity index (χ1v) is 12.3. The second-order valence-electron chi connectivity index (χ2n) is 10.6. The van der Waals surface area contributed by atoms with Crippen molar-refractivity contribution in [3.05, 3.63) is 12.3 Å². The van der Waals surface area contributed by atoms with Gasteiger partial charge in [-0.1, -0.05) is 25.4 Å². The summed E-state index contributed by atoms with van der Waals surface area (Å²) in [6.07, 6.45) is 8.30. The first kappa shape index (κ1) is 23.9. The van der Waals surface area contributed by atoms with Gasteiger partial charge in [0.25, 0.3) is 5.84 Å². The zero-order chi connectivity index (χ0) is 22.6. The molecular weight excluding hydrogens is 382 g/mol. The van der Waals surface area contributed by atoms with Crippen LogP contribution in [0.4, 0.5) is 0 Å². The zero-order valence-electron chi connectivity index (χ0n) is 20.9. The van der Waals surface area contributed by atoms with Gasteiger partial charge in [-0.3, -0.25) is 9.57 Å². The molecule has 2 fully saturated rings. The summed E-state index contributed by atoms with van der Waals surface area (Å²) in [5, 5.41) is 0. The SMILES string of the molecule is C=C(CC(C)=NC(C)=[N+](C)CC)N1CCC(C2=NC(C3CCC(C)(C)CC3)=NC2)CC1. The Morgan fingerprint density at radius 3 is 2.39 bits per heavy atom. The third-order valence-electron chi connectivity index (χ3n) is 7.62. The van der Waals surface area contributed by atoms with E-state index in [9.17, 15) is 0 Å². The molecule has 2 heterocycles. The van der Waals surface area contributed by atoms with Crippen LogP contribution in [0.5, 0.6) is 0 Å². The molecule has 0 bridgehead atoms. The Bertz CT molecular complexity index is 781. The van der Waals surface area contributed by atoms with Crippen molar-refractivity contribution in [3.8, 4) is 0 Å². The number of likely N-dealkylation sites (tertiary alicyclic amines) is 1. The number of aliphatic imine (C=N–C) groups is 3. The van der Waals surface area contributed by atoms with E-state index < -0.39 is 0 Å². The van der Waals surface area contributed by atoms with Crippen LogP contribution in [0, 0.1) is 17.3 Å². The Balaban J connectivity index is 1.48. The number of allylic oxidation sites excluding steroid dienone is 1. The van der Waals surface area contributed by atoms with Gasteiger partial charge in [-0.2, -0.15) is 0 Å². The fourth-order valence-electron chi connectivity index (χ4n) is 5.04. The van der Waals surface area contributed by atoms with Gasteiger partial charge in [-0.15, -0.1) is 0 Å². The fourth-order valence-corrected chi connectivity index (χ4v) is 5.04. The smallest absolute Gasteiger partial charge is 0.290 e. The van der Waals surface area contributed by atoms with E-state index in [0.717, 1.165) is 62.8 Å². The summed E-state index contributed by atoms with van der Waals surface area (Å²) in [7, 11) is 2.08. The van der Waals surface area contributed by atoms with Crippen LogP contribution < -0.4 is 0 Å². The third-order valence-corrected chi connectivity index (χ3v) is 7.62. The first-order valence-electron chi connectivity index (χ1n) is 12.3. The molecule has 0 spiro atoms. The maximum Gasteiger partial charge on any atom is 0.290 e. The lowest BCUT2D eigenvalue weighted by Crippen LogP contribution is -2.36. The topological polar surface area (TPSA) is 43.3 Å². The number of hydrogen-bond acceptors (Lipinski definition) is 3. The fraction of sp³-hybridized carbons (Fsp3) is 0.769. The summed E-state index contributed by atoms with van der Waals surface area (Å²) in [6.45, 7) is 19.5. The summed E-state index contributed by atoms with van der Waals surface area (Å²) in [4.78, 5) is 17.1. The third kappa shape index (κ3) is 6.36. The van der Waals surface area contributed by atoms with Crippen molar-refractivity contribution in [3.63, 3.8) is 0 Å². The second-order valence-corrected chi connectivity index (χ2v) is 10.6. The molecule has 0 radical (unpaired) electrons. The van der Waals surface area contributed by atoms with Crippen LogP contribution >= 0.6 is 0 Å². The Morgan fingerprint density at radius 2 is 1.77 bits per heavy atom. The molecule has 0 unspecified atom stereocenters. The molecule has 31 heavy (non-hydrogen) atoms. The highest BCUT2D eigenvalue weighted by Gasteiger charge is 2.32. The molecular formula is C26H44N5+. The summed E-state index contributed by atoms with van der Waals surface area (Å²) < 4.78 is 2.17. The highest BCUT2D eigenvalue weighted by atomic mass is 15.1. The van der Waals surface area contributed by atoms with E-state index in [2.05, 4.69) is 57.7 Å². The lowest BCUT2D eigenvalue weighted by Gasteiger charge is -2.34. The van der Waals surface area contributed by atoms with Crippen LogP contribution in [0.25, 0.3) is 0 Å². The first-order chi connectivity index (χ1) is 14.7. The maximum absolute atomic E-state index is 5.06. The summed E-state index contributed by atoms with van der Waals surface area (Å²) in [5.74, 6) is 3.42. The van der Waals surface area contributed by atoms with Crippen molar-refractivity contribution in [2.45, 2.75) is 79.6 Å². The molecule has 0 amide bonds. The molecule has 172 valence electrons. The molecule has 1 aliphatic carbocycles. The van der Waals surface area contributed by atoms with Gasteiger partial charge in [0, 0.05) is 49.7 Å². The van der Waals surface area contributed by atoms with Crippen LogP contribution in [-0.4, -0.2) is 65.8 Å². The molecule has 3 aliphatic rings. The van der Waals surface area contributed by atoms with E-state index in [1.54, 1.807) is 0 Å². The van der Waals surface area contributed by atoms with Gasteiger partial charge in [0.05, 0.1) is 20.1 Å². The lowest BCUT2D eigenvalue weighted by molar-refractivity contribution is -0.494. The van der Waals surface area contributed by atoms with E-state index in [-0.39, 0.29) is 0 Å². The molecule has 5 nitrogen and oxygen atoms in total. The largest absolute Gasteiger partial charge is 0.375 e. The van der Waals surface area contributed by atoms with Crippen LogP contribution in [0.3, 0.4) is 0 Å². The number of piperidine rings is 1. The minimum Gasteiger partial charge on any atom is -0.375 e. The van der Waals surface area contributed by atoms with E-state index in [1.807, 2.05) is 0 Å². The van der Waals surface area contributed by atoms with E-state index >= 15 is 0 Å². The van der Waals surface area contributed by atoms with Crippen molar-refractivity contribution < 1.29 is 4.58 Å². The minimum absolute atomic E-state index is 0.503. The molecule has 2 aliphatic heterocycles. The predicted molar refractivity (Wildman–Crippen MR) is 134 cm³/mol. The Morgan fingerprint density at radius 1 is 1.13 bits per heavy atom. The van der Waals surface area contributed by atoms with E-state index in [0.29, 0.717) is 17.3 Å². The quantitative estimate of drug-likeness (QED) is 0.326. The molecule has 0 aromatic rings. The van der Waals surface area contributed by atoms with Gasteiger partial charge in [-0.25, -0.2) is 4.99 Å². The number of hydrogen-bond donors (Lipinski definition) is 0. The van der Waals surface area contributed by atoms with Gasteiger partial charge in [0.2, 0.25) is 0 Å². The summed E-state index contributed by atoms with van der Waals surface area (Å²) in [5.41, 5.74) is 4.18. The molecule has 0 atom stereocenters. The highest BCUT2D eigenvalue weighted by molar-refractivity contribution is 6.06. The molecule has 0 aromatic carbocycles. The van der Waals surface area contributed by atoms with Gasteiger partial charge in [0.1, 0.15) is 11.5 Å². The van der Waals surface area contributed by atoms with Gasteiger partial charge in [0.15, 0.2) is 0 Å². The van der Waals surface area contributed by atoms with Crippen molar-refractivity contribution >= 4 is 23.1 Å². The zero-order valence-corrected chi connectivity index (χ0v) is 20.9. The molecule has 0 N–H and O–H groups in total. The van der Waals surface area contributed by atoms with Crippen LogP contribution in [0.15, 0.2) is 27.3 Å². The van der Waals surface area contributed by atoms with E-state index in [1.165, 1.54) is 37.1 Å². The Kier molecular flexibility index (Phi) is 7.87. The van der Waals surface area contributed by atoms with Gasteiger partial charge < -0.3 is 4.90 Å². The highest BCUT2D eigenvalue weighted by Crippen LogP contribution is 2.39. The monoisotopic (exact) mass is 426 g/mol. The Hall–Kier alpha value is -1.78. The second kappa shape index (κ2) is 10.2. The number of amidine groups is 2. The van der Waals surface area contributed by atoms with E-state index in [4.69, 9.17) is 15.0 Å². The normalized spacial score (nSPS) is 24.1. The van der Waals surface area contributed by atoms with Crippen molar-refractivity contribution in [2.75, 3.05) is 33.2 Å². The van der Waals surface area contributed by atoms with Crippen LogP contribution in [0.1, 0.15) is 79.6 Å². The van der Waals surface area contributed by atoms with Crippen molar-refractivity contribution in [2.24, 2.45) is 32.2 Å². The standard InChI is InChI=1S/C26H44N5/c1-8-30(7)21(4)28-19(2)17-20(3)31-15-11-22(12-16-31)24-18-27-25(29-24)23-9-13-26(5,6)14-10-23/h22-23H,3,8-18H2,1-2,4-7H3/q+1. The molecule has 0 aromatic heterocycles. The molecule has 3 rings (SSSR count). The Labute approximate surface area is 190 Å². The van der Waals surface area contributed by atoms with Gasteiger partial charge >= 0.3 is 0 Å². The molecule has 1 saturated heterocycles. The van der Waals surface area contributed by atoms with Crippen LogP contribution in [-0.2, 0) is 0 Å². The lowest BCUT2D eigenvalue weighted by atomic mass is 9.73. The maximum atomic E-state index is 5.06. The average Bonchev–Trinajstić information content (AvgIpc) is 3.23. The molecule has 1 saturated carbocycles. The predicted octanol–water partition coefficient (Wildman–Crippen LogP) is 5.21. The minimum atomic E-state index is 0.503. The van der Waals surface area contributed by atoms with Crippen LogP contribution in [0.2, 0.25) is 0 Å².